The molecule has 0 radical (unpaired) electrons. The van der Waals surface area contributed by atoms with Gasteiger partial charge in [-0.05, 0) is 42.9 Å². The van der Waals surface area contributed by atoms with Crippen LogP contribution in [0.15, 0.2) is 35.1 Å². The van der Waals surface area contributed by atoms with E-state index < -0.39 is 0 Å². The van der Waals surface area contributed by atoms with E-state index >= 15 is 0 Å². The maximum Gasteiger partial charge on any atom is 0.266 e. The predicted molar refractivity (Wildman–Crippen MR) is 102 cm³/mol. The van der Waals surface area contributed by atoms with Crippen LogP contribution < -0.4 is 5.56 Å². The minimum Gasteiger partial charge on any atom is -0.342 e. The average Bonchev–Trinajstić information content (AvgIpc) is 2.67. The fourth-order valence-electron chi connectivity index (χ4n) is 3.43. The summed E-state index contributed by atoms with van der Waals surface area (Å²) in [5.41, 5.74) is 1.91. The van der Waals surface area contributed by atoms with E-state index in [0.29, 0.717) is 35.3 Å². The third-order valence-corrected chi connectivity index (χ3v) is 5.47. The van der Waals surface area contributed by atoms with Crippen LogP contribution in [-0.4, -0.2) is 33.7 Å². The molecule has 1 saturated heterocycles. The van der Waals surface area contributed by atoms with Crippen molar-refractivity contribution in [2.45, 2.75) is 25.7 Å². The maximum atomic E-state index is 12.5. The molecule has 1 fully saturated rings. The third-order valence-electron chi connectivity index (χ3n) is 5.02. The van der Waals surface area contributed by atoms with Crippen LogP contribution in [0.5, 0.6) is 0 Å². The topological polar surface area (TPSA) is 79.0 Å². The highest BCUT2D eigenvalue weighted by atomic mass is 35.5. The molecule has 0 aliphatic carbocycles. The fourth-order valence-corrected chi connectivity index (χ4v) is 3.68. The molecular weight excluding hydrogens is 364 g/mol. The molecule has 140 valence electrons. The van der Waals surface area contributed by atoms with Gasteiger partial charge < -0.3 is 4.90 Å². The van der Waals surface area contributed by atoms with Crippen LogP contribution in [0.1, 0.15) is 29.7 Å². The second kappa shape index (κ2) is 8.36. The summed E-state index contributed by atoms with van der Waals surface area (Å²) < 4.78 is 1.24. The molecule has 1 aliphatic heterocycles. The first-order valence-corrected chi connectivity index (χ1v) is 9.34. The lowest BCUT2D eigenvalue weighted by Gasteiger charge is -2.32. The summed E-state index contributed by atoms with van der Waals surface area (Å²) in [5.74, 6) is 0.472. The van der Waals surface area contributed by atoms with Crippen LogP contribution in [0.4, 0.5) is 0 Å². The molecule has 2 heterocycles. The van der Waals surface area contributed by atoms with Crippen molar-refractivity contribution in [1.82, 2.24) is 14.7 Å². The number of carbonyl (C=O) groups is 1. The number of amides is 1. The molecule has 1 aromatic carbocycles. The highest BCUT2D eigenvalue weighted by Crippen LogP contribution is 2.27. The number of hydrogen-bond donors (Lipinski definition) is 0. The summed E-state index contributed by atoms with van der Waals surface area (Å²) >= 11 is 6.30. The highest BCUT2D eigenvalue weighted by Gasteiger charge is 2.24. The van der Waals surface area contributed by atoms with Crippen LogP contribution in [0.3, 0.4) is 0 Å². The Hall–Kier alpha value is -2.65. The first kappa shape index (κ1) is 19.1. The van der Waals surface area contributed by atoms with E-state index in [0.717, 1.165) is 24.8 Å². The summed E-state index contributed by atoms with van der Waals surface area (Å²) in [6, 6.07) is 10.7. The smallest absolute Gasteiger partial charge is 0.266 e. The molecule has 0 bridgehead atoms. The molecule has 27 heavy (non-hydrogen) atoms. The van der Waals surface area contributed by atoms with Crippen molar-refractivity contribution < 1.29 is 4.79 Å². The number of aryl methyl sites for hydroxylation is 1. The van der Waals surface area contributed by atoms with Crippen LogP contribution in [0, 0.1) is 17.2 Å². The van der Waals surface area contributed by atoms with Gasteiger partial charge in [0.25, 0.3) is 5.56 Å². The van der Waals surface area contributed by atoms with E-state index in [2.05, 4.69) is 11.2 Å². The molecule has 0 saturated carbocycles. The molecule has 7 heteroatoms. The molecule has 0 spiro atoms. The van der Waals surface area contributed by atoms with E-state index in [9.17, 15) is 9.59 Å². The van der Waals surface area contributed by atoms with Gasteiger partial charge in [0, 0.05) is 26.2 Å². The van der Waals surface area contributed by atoms with Crippen LogP contribution in [-0.2, 0) is 24.7 Å². The average molecular weight is 385 g/mol. The monoisotopic (exact) mass is 384 g/mol. The number of benzene rings is 1. The van der Waals surface area contributed by atoms with Gasteiger partial charge in [0.15, 0.2) is 0 Å². The molecule has 1 aromatic heterocycles. The van der Waals surface area contributed by atoms with E-state index in [-0.39, 0.29) is 17.9 Å². The summed E-state index contributed by atoms with van der Waals surface area (Å²) in [6.07, 6.45) is 2.83. The third kappa shape index (κ3) is 4.55. The second-order valence-electron chi connectivity index (χ2n) is 6.88. The second-order valence-corrected chi connectivity index (χ2v) is 7.26. The Morgan fingerprint density at radius 2 is 2.04 bits per heavy atom. The number of aromatic nitrogens is 2. The number of nitriles is 1. The zero-order valence-electron chi connectivity index (χ0n) is 15.2. The number of hydrogen-bond acceptors (Lipinski definition) is 4. The summed E-state index contributed by atoms with van der Waals surface area (Å²) in [5, 5.41) is 13.8. The number of piperidine rings is 1. The van der Waals surface area contributed by atoms with Gasteiger partial charge in [-0.3, -0.25) is 9.59 Å². The van der Waals surface area contributed by atoms with Crippen molar-refractivity contribution in [2.24, 2.45) is 13.0 Å². The number of halogens is 1. The summed E-state index contributed by atoms with van der Waals surface area (Å²) in [7, 11) is 1.58. The number of carbonyl (C=O) groups excluding carboxylic acids is 1. The van der Waals surface area contributed by atoms with Gasteiger partial charge in [-0.1, -0.05) is 23.7 Å². The lowest BCUT2D eigenvalue weighted by Crippen LogP contribution is -2.40. The molecule has 2 aromatic rings. The van der Waals surface area contributed by atoms with Gasteiger partial charge in [0.2, 0.25) is 5.91 Å². The lowest BCUT2D eigenvalue weighted by molar-refractivity contribution is -0.131. The van der Waals surface area contributed by atoms with Gasteiger partial charge in [0.1, 0.15) is 6.07 Å². The van der Waals surface area contributed by atoms with Gasteiger partial charge in [0.05, 0.1) is 22.7 Å². The van der Waals surface area contributed by atoms with Crippen molar-refractivity contribution in [1.29, 1.82) is 5.26 Å². The van der Waals surface area contributed by atoms with Crippen molar-refractivity contribution in [3.63, 3.8) is 0 Å². The standard InChI is InChI=1S/C20H21ClN4O2/c1-24-18(26)6-5-17(23-24)12-19(27)25-9-7-14(8-10-25)11-15-3-2-4-16(13-22)20(15)21/h2-6,14H,7-12H2,1H3. The molecule has 1 aliphatic rings. The Morgan fingerprint density at radius 3 is 2.70 bits per heavy atom. The Bertz CT molecular complexity index is 940. The maximum absolute atomic E-state index is 12.5. The normalized spacial score (nSPS) is 14.8. The highest BCUT2D eigenvalue weighted by molar-refractivity contribution is 6.32. The van der Waals surface area contributed by atoms with Crippen molar-refractivity contribution >= 4 is 17.5 Å². The minimum atomic E-state index is -0.189. The van der Waals surface area contributed by atoms with E-state index in [1.807, 2.05) is 17.0 Å². The molecule has 0 atom stereocenters. The zero-order chi connectivity index (χ0) is 19.4. The largest absolute Gasteiger partial charge is 0.342 e. The fraction of sp³-hybridized carbons (Fsp3) is 0.400. The van der Waals surface area contributed by atoms with Gasteiger partial charge in [-0.2, -0.15) is 10.4 Å². The van der Waals surface area contributed by atoms with E-state index in [1.54, 1.807) is 19.2 Å². The van der Waals surface area contributed by atoms with Gasteiger partial charge in [-0.25, -0.2) is 4.68 Å². The van der Waals surface area contributed by atoms with Crippen LogP contribution >= 0.6 is 11.6 Å². The predicted octanol–water partition coefficient (Wildman–Crippen LogP) is 2.33. The van der Waals surface area contributed by atoms with Crippen molar-refractivity contribution in [3.8, 4) is 6.07 Å². The first-order chi connectivity index (χ1) is 13.0. The van der Waals surface area contributed by atoms with Crippen LogP contribution in [0.25, 0.3) is 0 Å². The molecule has 0 N–H and O–H groups in total. The summed E-state index contributed by atoms with van der Waals surface area (Å²) in [4.78, 5) is 25.8. The number of likely N-dealkylation sites (tertiary alicyclic amines) is 1. The Kier molecular flexibility index (Phi) is 5.92. The Balaban J connectivity index is 1.55. The van der Waals surface area contributed by atoms with Crippen molar-refractivity contribution in [2.75, 3.05) is 13.1 Å². The Labute approximate surface area is 163 Å². The number of rotatable bonds is 4. The molecule has 3 rings (SSSR count). The minimum absolute atomic E-state index is 0.0316. The molecule has 1 amide bonds. The number of nitrogens with zero attached hydrogens (tertiary/aromatic N) is 4. The van der Waals surface area contributed by atoms with E-state index in [4.69, 9.17) is 16.9 Å². The lowest BCUT2D eigenvalue weighted by atomic mass is 9.89. The van der Waals surface area contributed by atoms with E-state index in [1.165, 1.54) is 10.7 Å². The van der Waals surface area contributed by atoms with Gasteiger partial charge >= 0.3 is 0 Å². The molecular formula is C20H21ClN4O2. The van der Waals surface area contributed by atoms with Crippen molar-refractivity contribution in [3.05, 3.63) is 62.5 Å². The molecule has 0 unspecified atom stereocenters. The quantitative estimate of drug-likeness (QED) is 0.810. The van der Waals surface area contributed by atoms with Crippen LogP contribution in [0.2, 0.25) is 5.02 Å². The SMILES string of the molecule is Cn1nc(CC(=O)N2CCC(Cc3cccc(C#N)c3Cl)CC2)ccc1=O. The zero-order valence-corrected chi connectivity index (χ0v) is 15.9. The van der Waals surface area contributed by atoms with Gasteiger partial charge in [-0.15, -0.1) is 0 Å². The molecule has 6 nitrogen and oxygen atoms in total. The summed E-state index contributed by atoms with van der Waals surface area (Å²) in [6.45, 7) is 1.40. The Morgan fingerprint density at radius 1 is 1.30 bits per heavy atom. The first-order valence-electron chi connectivity index (χ1n) is 8.96.